The molecule has 0 radical (unpaired) electrons. The summed E-state index contributed by atoms with van der Waals surface area (Å²) in [6.45, 7) is 3.85. The average Bonchev–Trinajstić information content (AvgIpc) is 2.35. The number of amides is 2. The zero-order chi connectivity index (χ0) is 13.5. The van der Waals surface area contributed by atoms with Gasteiger partial charge in [0.25, 0.3) is 0 Å². The maximum Gasteiger partial charge on any atom is 0.309 e. The van der Waals surface area contributed by atoms with Crippen LogP contribution in [-0.2, 0) is 16.1 Å². The minimum absolute atomic E-state index is 0.0606. The summed E-state index contributed by atoms with van der Waals surface area (Å²) in [4.78, 5) is 22.9. The highest BCUT2D eigenvalue weighted by Gasteiger charge is 2.14. The van der Waals surface area contributed by atoms with Crippen LogP contribution in [0.4, 0.5) is 0 Å². The minimum atomic E-state index is -0.644. The Morgan fingerprint density at radius 3 is 2.50 bits per heavy atom. The predicted octanol–water partition coefficient (Wildman–Crippen LogP) is 0.836. The molecule has 5 nitrogen and oxygen atoms in total. The Morgan fingerprint density at radius 1 is 1.22 bits per heavy atom. The number of hydrogen-bond acceptors (Lipinski definition) is 3. The van der Waals surface area contributed by atoms with E-state index >= 15 is 0 Å². The molecule has 0 heterocycles. The molecule has 0 aliphatic heterocycles. The molecule has 0 aliphatic carbocycles. The lowest BCUT2D eigenvalue weighted by molar-refractivity contribution is -0.139. The molecule has 0 saturated carbocycles. The van der Waals surface area contributed by atoms with Crippen LogP contribution >= 0.6 is 0 Å². The van der Waals surface area contributed by atoms with Crippen molar-refractivity contribution in [1.82, 2.24) is 10.6 Å². The number of para-hydroxylation sites is 1. The zero-order valence-corrected chi connectivity index (χ0v) is 10.8. The van der Waals surface area contributed by atoms with E-state index < -0.39 is 11.8 Å². The summed E-state index contributed by atoms with van der Waals surface area (Å²) in [6, 6.07) is 7.26. The summed E-state index contributed by atoms with van der Waals surface area (Å²) >= 11 is 0. The average molecular weight is 250 g/mol. The molecule has 0 fully saturated rings. The number of nitrogens with one attached hydrogen (secondary N) is 2. The molecule has 18 heavy (non-hydrogen) atoms. The van der Waals surface area contributed by atoms with Gasteiger partial charge < -0.3 is 15.4 Å². The van der Waals surface area contributed by atoms with Gasteiger partial charge in [-0.1, -0.05) is 18.2 Å². The van der Waals surface area contributed by atoms with Crippen molar-refractivity contribution >= 4 is 11.8 Å². The summed E-state index contributed by atoms with van der Waals surface area (Å²) in [5.74, 6) is -0.587. The van der Waals surface area contributed by atoms with Crippen molar-refractivity contribution in [3.05, 3.63) is 29.8 Å². The van der Waals surface area contributed by atoms with E-state index in [4.69, 9.17) is 4.74 Å². The summed E-state index contributed by atoms with van der Waals surface area (Å²) < 4.78 is 5.15. The lowest BCUT2D eigenvalue weighted by Crippen LogP contribution is -2.42. The first-order valence-corrected chi connectivity index (χ1v) is 5.75. The first-order chi connectivity index (χ1) is 8.54. The van der Waals surface area contributed by atoms with Gasteiger partial charge in [0.15, 0.2) is 0 Å². The molecule has 1 aromatic rings. The smallest absolute Gasteiger partial charge is 0.309 e. The van der Waals surface area contributed by atoms with Gasteiger partial charge in [-0.15, -0.1) is 0 Å². The van der Waals surface area contributed by atoms with Gasteiger partial charge in [-0.05, 0) is 19.9 Å². The van der Waals surface area contributed by atoms with Crippen LogP contribution in [0.1, 0.15) is 19.4 Å². The normalized spacial score (nSPS) is 10.0. The van der Waals surface area contributed by atoms with Crippen LogP contribution in [-0.4, -0.2) is 25.0 Å². The first-order valence-electron chi connectivity index (χ1n) is 5.75. The van der Waals surface area contributed by atoms with Crippen molar-refractivity contribution < 1.29 is 14.3 Å². The molecule has 1 rings (SSSR count). The van der Waals surface area contributed by atoms with Gasteiger partial charge in [0.2, 0.25) is 0 Å². The fraction of sp³-hybridized carbons (Fsp3) is 0.385. The second kappa shape index (κ2) is 6.64. The third-order valence-corrected chi connectivity index (χ3v) is 2.26. The predicted molar refractivity (Wildman–Crippen MR) is 68.1 cm³/mol. The minimum Gasteiger partial charge on any atom is -0.496 e. The molecule has 0 unspecified atom stereocenters. The van der Waals surface area contributed by atoms with Crippen molar-refractivity contribution in [3.63, 3.8) is 0 Å². The van der Waals surface area contributed by atoms with E-state index in [1.165, 1.54) is 0 Å². The zero-order valence-electron chi connectivity index (χ0n) is 10.8. The van der Waals surface area contributed by atoms with Crippen molar-refractivity contribution in [2.24, 2.45) is 0 Å². The third-order valence-electron chi connectivity index (χ3n) is 2.26. The number of carbonyl (C=O) groups excluding carboxylic acids is 2. The first kappa shape index (κ1) is 14.0. The van der Waals surface area contributed by atoms with Crippen LogP contribution in [0.3, 0.4) is 0 Å². The summed E-state index contributed by atoms with van der Waals surface area (Å²) in [6.07, 6.45) is 0. The molecule has 0 aliphatic rings. The molecule has 1 aromatic carbocycles. The number of ether oxygens (including phenoxy) is 1. The third kappa shape index (κ3) is 4.08. The van der Waals surface area contributed by atoms with Crippen LogP contribution in [0.15, 0.2) is 24.3 Å². The Bertz CT molecular complexity index is 430. The summed E-state index contributed by atoms with van der Waals surface area (Å²) in [7, 11) is 1.56. The molecule has 2 N–H and O–H groups in total. The molecule has 98 valence electrons. The van der Waals surface area contributed by atoms with Crippen LogP contribution in [0, 0.1) is 0 Å². The van der Waals surface area contributed by atoms with Crippen molar-refractivity contribution in [2.75, 3.05) is 7.11 Å². The lowest BCUT2D eigenvalue weighted by Gasteiger charge is -2.10. The van der Waals surface area contributed by atoms with E-state index in [-0.39, 0.29) is 12.6 Å². The molecule has 2 amide bonds. The van der Waals surface area contributed by atoms with Crippen molar-refractivity contribution in [1.29, 1.82) is 0 Å². The summed E-state index contributed by atoms with van der Waals surface area (Å²) in [5.41, 5.74) is 0.825. The Balaban J connectivity index is 2.54. The van der Waals surface area contributed by atoms with E-state index in [0.29, 0.717) is 5.75 Å². The molecule has 0 aromatic heterocycles. The molecule has 5 heteroatoms. The quantitative estimate of drug-likeness (QED) is 0.778. The highest BCUT2D eigenvalue weighted by molar-refractivity contribution is 6.35. The highest BCUT2D eigenvalue weighted by Crippen LogP contribution is 2.16. The molecule has 0 atom stereocenters. The maximum absolute atomic E-state index is 11.5. The van der Waals surface area contributed by atoms with Crippen LogP contribution < -0.4 is 15.4 Å². The number of methoxy groups -OCH3 is 1. The number of benzene rings is 1. The molecule has 0 saturated heterocycles. The van der Waals surface area contributed by atoms with Gasteiger partial charge in [-0.25, -0.2) is 0 Å². The van der Waals surface area contributed by atoms with Crippen LogP contribution in [0.2, 0.25) is 0 Å². The number of carbonyl (C=O) groups is 2. The molecule has 0 spiro atoms. The molecule has 0 bridgehead atoms. The molecular weight excluding hydrogens is 232 g/mol. The standard InChI is InChI=1S/C13H18N2O3/c1-9(2)15-13(17)12(16)14-8-10-6-4-5-7-11(10)18-3/h4-7,9H,8H2,1-3H3,(H,14,16)(H,15,17). The van der Waals surface area contributed by atoms with Gasteiger partial charge >= 0.3 is 11.8 Å². The SMILES string of the molecule is COc1ccccc1CNC(=O)C(=O)NC(C)C. The van der Waals surface area contributed by atoms with Crippen LogP contribution in [0.25, 0.3) is 0 Å². The van der Waals surface area contributed by atoms with Gasteiger partial charge in [0.1, 0.15) is 5.75 Å². The van der Waals surface area contributed by atoms with Crippen molar-refractivity contribution in [3.8, 4) is 5.75 Å². The van der Waals surface area contributed by atoms with E-state index in [1.807, 2.05) is 18.2 Å². The van der Waals surface area contributed by atoms with Crippen molar-refractivity contribution in [2.45, 2.75) is 26.4 Å². The monoisotopic (exact) mass is 250 g/mol. The highest BCUT2D eigenvalue weighted by atomic mass is 16.5. The lowest BCUT2D eigenvalue weighted by atomic mass is 10.2. The van der Waals surface area contributed by atoms with E-state index in [1.54, 1.807) is 27.0 Å². The Morgan fingerprint density at radius 2 is 1.89 bits per heavy atom. The number of hydrogen-bond donors (Lipinski definition) is 2. The van der Waals surface area contributed by atoms with E-state index in [2.05, 4.69) is 10.6 Å². The fourth-order valence-corrected chi connectivity index (χ4v) is 1.43. The Hall–Kier alpha value is -2.04. The second-order valence-electron chi connectivity index (χ2n) is 4.12. The maximum atomic E-state index is 11.5. The van der Waals surface area contributed by atoms with Gasteiger partial charge in [-0.2, -0.15) is 0 Å². The van der Waals surface area contributed by atoms with E-state index in [0.717, 1.165) is 5.56 Å². The Kier molecular flexibility index (Phi) is 5.17. The van der Waals surface area contributed by atoms with Gasteiger partial charge in [0, 0.05) is 18.2 Å². The van der Waals surface area contributed by atoms with Crippen LogP contribution in [0.5, 0.6) is 5.75 Å². The topological polar surface area (TPSA) is 67.4 Å². The van der Waals surface area contributed by atoms with Gasteiger partial charge in [-0.3, -0.25) is 9.59 Å². The van der Waals surface area contributed by atoms with Gasteiger partial charge in [0.05, 0.1) is 7.11 Å². The molecular formula is C13H18N2O3. The largest absolute Gasteiger partial charge is 0.496 e. The van der Waals surface area contributed by atoms with E-state index in [9.17, 15) is 9.59 Å². The fourth-order valence-electron chi connectivity index (χ4n) is 1.43. The second-order valence-corrected chi connectivity index (χ2v) is 4.12. The summed E-state index contributed by atoms with van der Waals surface area (Å²) in [5, 5.41) is 5.07. The number of rotatable bonds is 4. The Labute approximate surface area is 107 Å².